The van der Waals surface area contributed by atoms with Gasteiger partial charge in [0.15, 0.2) is 0 Å². The van der Waals surface area contributed by atoms with Gasteiger partial charge in [0.2, 0.25) is 11.8 Å². The van der Waals surface area contributed by atoms with Crippen LogP contribution in [-0.4, -0.2) is 24.2 Å². The van der Waals surface area contributed by atoms with Crippen molar-refractivity contribution in [3.8, 4) is 6.07 Å². The number of nitrogens with zero attached hydrogens (tertiary/aromatic N) is 1. The van der Waals surface area contributed by atoms with Gasteiger partial charge in [0.05, 0.1) is 6.54 Å². The molecule has 6 nitrogen and oxygen atoms in total. The Balaban J connectivity index is 1.99. The van der Waals surface area contributed by atoms with Gasteiger partial charge in [-0.25, -0.2) is 0 Å². The molecule has 0 saturated heterocycles. The zero-order valence-electron chi connectivity index (χ0n) is 14.5. The zero-order valence-corrected chi connectivity index (χ0v) is 14.5. The Labute approximate surface area is 147 Å². The Hall–Kier alpha value is -2.62. The average Bonchev–Trinajstić information content (AvgIpc) is 2.89. The average molecular weight is 341 g/mol. The highest BCUT2D eigenvalue weighted by atomic mass is 16.4. The molecule has 0 fully saturated rings. The van der Waals surface area contributed by atoms with Crippen LogP contribution < -0.4 is 10.6 Å². The maximum absolute atomic E-state index is 12.2. The van der Waals surface area contributed by atoms with E-state index in [2.05, 4.69) is 16.7 Å². The zero-order chi connectivity index (χ0) is 18.2. The fraction of sp³-hybridized carbons (Fsp3) is 0.368. The summed E-state index contributed by atoms with van der Waals surface area (Å²) in [7, 11) is 0. The van der Waals surface area contributed by atoms with Crippen LogP contribution in [0.5, 0.6) is 0 Å². The van der Waals surface area contributed by atoms with Gasteiger partial charge in [-0.15, -0.1) is 0 Å². The van der Waals surface area contributed by atoms with Crippen LogP contribution >= 0.6 is 0 Å². The molecule has 0 aliphatic rings. The third kappa shape index (κ3) is 4.92. The summed E-state index contributed by atoms with van der Waals surface area (Å²) in [5, 5.41) is 24.1. The van der Waals surface area contributed by atoms with Gasteiger partial charge in [-0.3, -0.25) is 10.1 Å². The van der Waals surface area contributed by atoms with Gasteiger partial charge in [0.1, 0.15) is 17.4 Å². The number of anilines is 1. The number of amides is 1. The molecule has 1 heterocycles. The quantitative estimate of drug-likeness (QED) is 0.686. The van der Waals surface area contributed by atoms with Crippen molar-refractivity contribution < 1.29 is 14.3 Å². The second-order valence-corrected chi connectivity index (χ2v) is 5.86. The lowest BCUT2D eigenvalue weighted by atomic mass is 10.0. The summed E-state index contributed by atoms with van der Waals surface area (Å²) < 4.78 is 5.45. The van der Waals surface area contributed by atoms with Crippen molar-refractivity contribution >= 4 is 11.8 Å². The van der Waals surface area contributed by atoms with E-state index in [1.165, 1.54) is 0 Å². The molecular weight excluding hydrogens is 318 g/mol. The van der Waals surface area contributed by atoms with Gasteiger partial charge >= 0.3 is 0 Å². The molecule has 0 aliphatic carbocycles. The molecule has 1 aromatic carbocycles. The topological polar surface area (TPSA) is 98.3 Å². The molecule has 1 aromatic heterocycles. The number of hydrogen-bond donors (Lipinski definition) is 3. The van der Waals surface area contributed by atoms with Crippen LogP contribution in [0.3, 0.4) is 0 Å². The van der Waals surface area contributed by atoms with E-state index in [0.29, 0.717) is 17.7 Å². The molecule has 25 heavy (non-hydrogen) atoms. The van der Waals surface area contributed by atoms with Crippen molar-refractivity contribution in [3.05, 3.63) is 52.8 Å². The normalized spacial score (nSPS) is 11.8. The number of furan rings is 1. The third-order valence-electron chi connectivity index (χ3n) is 4.11. The molecule has 1 unspecified atom stereocenters. The maximum Gasteiger partial charge on any atom is 0.240 e. The van der Waals surface area contributed by atoms with E-state index in [9.17, 15) is 10.1 Å². The molecule has 0 saturated carbocycles. The highest BCUT2D eigenvalue weighted by molar-refractivity contribution is 5.92. The van der Waals surface area contributed by atoms with Crippen molar-refractivity contribution in [3.63, 3.8) is 0 Å². The van der Waals surface area contributed by atoms with Crippen molar-refractivity contribution in [2.45, 2.75) is 32.7 Å². The fourth-order valence-electron chi connectivity index (χ4n) is 2.60. The minimum Gasteiger partial charge on any atom is -0.444 e. The van der Waals surface area contributed by atoms with Gasteiger partial charge < -0.3 is 14.8 Å². The molecule has 2 rings (SSSR count). The molecule has 0 bridgehead atoms. The molecule has 132 valence electrons. The van der Waals surface area contributed by atoms with Crippen LogP contribution in [0, 0.1) is 25.2 Å². The first-order valence-corrected chi connectivity index (χ1v) is 8.26. The smallest absolute Gasteiger partial charge is 0.240 e. The highest BCUT2D eigenvalue weighted by Crippen LogP contribution is 2.25. The van der Waals surface area contributed by atoms with Crippen molar-refractivity contribution in [2.75, 3.05) is 18.5 Å². The van der Waals surface area contributed by atoms with E-state index in [-0.39, 0.29) is 31.0 Å². The summed E-state index contributed by atoms with van der Waals surface area (Å²) in [6.45, 7) is 3.72. The molecule has 2 aromatic rings. The predicted octanol–water partition coefficient (Wildman–Crippen LogP) is 2.81. The van der Waals surface area contributed by atoms with E-state index in [1.54, 1.807) is 13.8 Å². The summed E-state index contributed by atoms with van der Waals surface area (Å²) >= 11 is 0. The van der Waals surface area contributed by atoms with E-state index < -0.39 is 0 Å². The first kappa shape index (κ1) is 18.7. The van der Waals surface area contributed by atoms with Crippen LogP contribution in [0.4, 0.5) is 5.88 Å². The van der Waals surface area contributed by atoms with Crippen LogP contribution in [0.1, 0.15) is 41.3 Å². The van der Waals surface area contributed by atoms with E-state index in [4.69, 9.17) is 9.52 Å². The number of aryl methyl sites for hydroxylation is 1. The molecule has 0 radical (unpaired) electrons. The third-order valence-corrected chi connectivity index (χ3v) is 4.11. The van der Waals surface area contributed by atoms with E-state index in [0.717, 1.165) is 17.5 Å². The molecule has 0 spiro atoms. The van der Waals surface area contributed by atoms with Gasteiger partial charge in [-0.1, -0.05) is 30.3 Å². The fourth-order valence-corrected chi connectivity index (χ4v) is 2.60. The summed E-state index contributed by atoms with van der Waals surface area (Å²) in [5.74, 6) is 0.524. The van der Waals surface area contributed by atoms with Gasteiger partial charge in [-0.2, -0.15) is 5.26 Å². The number of carbonyl (C=O) groups excluding carboxylic acids is 1. The molecule has 3 N–H and O–H groups in total. The molecule has 1 atom stereocenters. The number of rotatable bonds is 8. The second-order valence-electron chi connectivity index (χ2n) is 5.86. The lowest BCUT2D eigenvalue weighted by Gasteiger charge is -2.18. The Morgan fingerprint density at radius 2 is 2.04 bits per heavy atom. The Bertz CT molecular complexity index is 747. The summed E-state index contributed by atoms with van der Waals surface area (Å²) in [6.07, 6.45) is 1.36. The molecule has 6 heteroatoms. The minimum absolute atomic E-state index is 0.0328. The van der Waals surface area contributed by atoms with Crippen LogP contribution in [0.2, 0.25) is 0 Å². The standard InChI is InChI=1S/C19H23N3O3/c1-13-14(2)25-19(16(13)11-20)22-18(24)12-21-17(9-6-10-23)15-7-4-3-5-8-15/h3-5,7-8,17,21,23H,6,9-10,12H2,1-2H3,(H,22,24). The molecular formula is C19H23N3O3. The van der Waals surface area contributed by atoms with Gasteiger partial charge in [-0.05, 0) is 32.3 Å². The van der Waals surface area contributed by atoms with E-state index >= 15 is 0 Å². The summed E-state index contributed by atoms with van der Waals surface area (Å²) in [6, 6.07) is 11.8. The Morgan fingerprint density at radius 1 is 1.32 bits per heavy atom. The monoisotopic (exact) mass is 341 g/mol. The molecule has 1 amide bonds. The number of nitriles is 1. The first-order valence-electron chi connectivity index (χ1n) is 8.26. The van der Waals surface area contributed by atoms with Crippen LogP contribution in [0.15, 0.2) is 34.7 Å². The maximum atomic E-state index is 12.2. The van der Waals surface area contributed by atoms with Gasteiger partial charge in [0, 0.05) is 18.2 Å². The van der Waals surface area contributed by atoms with Crippen molar-refractivity contribution in [2.24, 2.45) is 0 Å². The van der Waals surface area contributed by atoms with Gasteiger partial charge in [0.25, 0.3) is 0 Å². The minimum atomic E-state index is -0.282. The number of nitrogens with one attached hydrogen (secondary N) is 2. The number of carbonyl (C=O) groups is 1. The van der Waals surface area contributed by atoms with Crippen LogP contribution in [0.25, 0.3) is 0 Å². The second kappa shape index (κ2) is 9.02. The first-order chi connectivity index (χ1) is 12.1. The van der Waals surface area contributed by atoms with E-state index in [1.807, 2.05) is 30.3 Å². The number of benzene rings is 1. The van der Waals surface area contributed by atoms with Crippen molar-refractivity contribution in [1.82, 2.24) is 5.32 Å². The number of hydrogen-bond acceptors (Lipinski definition) is 5. The number of aliphatic hydroxyl groups excluding tert-OH is 1. The molecule has 0 aliphatic heterocycles. The SMILES string of the molecule is Cc1oc(NC(=O)CNC(CCCO)c2ccccc2)c(C#N)c1C. The lowest BCUT2D eigenvalue weighted by Crippen LogP contribution is -2.31. The van der Waals surface area contributed by atoms with Crippen LogP contribution in [-0.2, 0) is 4.79 Å². The Morgan fingerprint density at radius 3 is 2.68 bits per heavy atom. The van der Waals surface area contributed by atoms with Crippen molar-refractivity contribution in [1.29, 1.82) is 5.26 Å². The Kier molecular flexibility index (Phi) is 6.75. The number of aliphatic hydroxyl groups is 1. The summed E-state index contributed by atoms with van der Waals surface area (Å²) in [5.41, 5.74) is 2.15. The highest BCUT2D eigenvalue weighted by Gasteiger charge is 2.17. The lowest BCUT2D eigenvalue weighted by molar-refractivity contribution is -0.115. The summed E-state index contributed by atoms with van der Waals surface area (Å²) in [4.78, 5) is 12.2. The largest absolute Gasteiger partial charge is 0.444 e. The predicted molar refractivity (Wildman–Crippen MR) is 95.0 cm³/mol.